The van der Waals surface area contributed by atoms with E-state index in [0.29, 0.717) is 0 Å². The number of aliphatic carboxylic acids is 1. The lowest BCUT2D eigenvalue weighted by Gasteiger charge is -2.25. The Labute approximate surface area is 124 Å². The number of ether oxygens (including phenoxy) is 1. The summed E-state index contributed by atoms with van der Waals surface area (Å²) in [6.07, 6.45) is 3.31. The first-order valence-corrected chi connectivity index (χ1v) is 6.29. The van der Waals surface area contributed by atoms with Crippen molar-refractivity contribution in [1.29, 1.82) is 0 Å². The largest absolute Gasteiger partial charge is 0.480 e. The second-order valence-electron chi connectivity index (χ2n) is 4.57. The van der Waals surface area contributed by atoms with Crippen LogP contribution in [0.25, 0.3) is 0 Å². The molecule has 0 fully saturated rings. The third-order valence-electron chi connectivity index (χ3n) is 3.02. The van der Waals surface area contributed by atoms with Crippen molar-refractivity contribution in [2.24, 2.45) is 0 Å². The molecule has 0 atom stereocenters. The van der Waals surface area contributed by atoms with E-state index in [4.69, 9.17) is 9.84 Å². The van der Waals surface area contributed by atoms with Crippen LogP contribution in [0.4, 0.5) is 0 Å². The number of carboxylic acids is 1. The summed E-state index contributed by atoms with van der Waals surface area (Å²) in [5.74, 6) is -3.51. The number of amides is 4. The number of carbonyl (C=O) groups excluding carboxylic acids is 4. The number of nitrogens with zero attached hydrogens (tertiary/aromatic N) is 2. The van der Waals surface area contributed by atoms with Gasteiger partial charge in [-0.3, -0.25) is 29.0 Å². The van der Waals surface area contributed by atoms with E-state index >= 15 is 0 Å². The summed E-state index contributed by atoms with van der Waals surface area (Å²) in [6, 6.07) is 0. The molecule has 0 spiro atoms. The van der Waals surface area contributed by atoms with Crippen LogP contribution in [-0.2, 0) is 28.7 Å². The van der Waals surface area contributed by atoms with E-state index in [1.165, 1.54) is 0 Å². The minimum atomic E-state index is -1.25. The maximum atomic E-state index is 11.5. The Morgan fingerprint density at radius 3 is 1.59 bits per heavy atom. The zero-order valence-corrected chi connectivity index (χ0v) is 11.3. The van der Waals surface area contributed by atoms with Crippen molar-refractivity contribution in [2.75, 3.05) is 19.7 Å². The van der Waals surface area contributed by atoms with Gasteiger partial charge in [-0.15, -0.1) is 0 Å². The zero-order valence-electron chi connectivity index (χ0n) is 11.3. The molecular weight excluding hydrogens is 296 g/mol. The van der Waals surface area contributed by atoms with Crippen LogP contribution in [0.1, 0.15) is 0 Å². The van der Waals surface area contributed by atoms with Crippen molar-refractivity contribution >= 4 is 29.6 Å². The minimum Gasteiger partial charge on any atom is -0.480 e. The lowest BCUT2D eigenvalue weighted by molar-refractivity contribution is -0.147. The smallest absolute Gasteiger partial charge is 0.329 e. The third kappa shape index (κ3) is 3.44. The van der Waals surface area contributed by atoms with Gasteiger partial charge >= 0.3 is 5.97 Å². The Morgan fingerprint density at radius 1 is 0.909 bits per heavy atom. The predicted molar refractivity (Wildman–Crippen MR) is 69.1 cm³/mol. The lowest BCUT2D eigenvalue weighted by atomic mass is 10.3. The standard InChI is InChI=1S/C13H12N2O7/c16-9-1-2-10(17)14(9)5-8(22-7-13(20)21)6-15-11(18)3-4-12(15)19/h1-4,8H,5-7H2,(H,20,21). The second kappa shape index (κ2) is 6.31. The molecule has 2 aliphatic heterocycles. The maximum Gasteiger partial charge on any atom is 0.329 e. The molecule has 9 nitrogen and oxygen atoms in total. The van der Waals surface area contributed by atoms with E-state index < -0.39 is 42.3 Å². The average Bonchev–Trinajstić information content (AvgIpc) is 2.94. The van der Waals surface area contributed by atoms with Gasteiger partial charge < -0.3 is 9.84 Å². The Morgan fingerprint density at radius 2 is 1.27 bits per heavy atom. The molecular formula is C13H12N2O7. The Bertz CT molecular complexity index is 528. The first-order chi connectivity index (χ1) is 10.4. The monoisotopic (exact) mass is 308 g/mol. The van der Waals surface area contributed by atoms with Crippen LogP contribution < -0.4 is 0 Å². The highest BCUT2D eigenvalue weighted by molar-refractivity contribution is 6.13. The van der Waals surface area contributed by atoms with Crippen LogP contribution in [-0.4, -0.2) is 70.3 Å². The van der Waals surface area contributed by atoms with Crippen molar-refractivity contribution in [3.8, 4) is 0 Å². The number of hydrogen-bond acceptors (Lipinski definition) is 6. The number of hydrogen-bond donors (Lipinski definition) is 1. The molecule has 116 valence electrons. The molecule has 4 amide bonds. The molecule has 0 radical (unpaired) electrons. The van der Waals surface area contributed by atoms with E-state index in [1.54, 1.807) is 0 Å². The van der Waals surface area contributed by atoms with Gasteiger partial charge in [-0.05, 0) is 0 Å². The fourth-order valence-electron chi connectivity index (χ4n) is 1.98. The lowest BCUT2D eigenvalue weighted by Crippen LogP contribution is -2.46. The van der Waals surface area contributed by atoms with Gasteiger partial charge in [0.2, 0.25) is 0 Å². The number of carbonyl (C=O) groups is 5. The highest BCUT2D eigenvalue weighted by Gasteiger charge is 2.31. The quantitative estimate of drug-likeness (QED) is 0.557. The van der Waals surface area contributed by atoms with Crippen LogP contribution >= 0.6 is 0 Å². The summed E-state index contributed by atoms with van der Waals surface area (Å²) in [5.41, 5.74) is 0. The van der Waals surface area contributed by atoms with Crippen molar-refractivity contribution < 1.29 is 33.8 Å². The highest BCUT2D eigenvalue weighted by atomic mass is 16.5. The van der Waals surface area contributed by atoms with Gasteiger partial charge in [0.25, 0.3) is 23.6 Å². The molecule has 2 heterocycles. The first kappa shape index (κ1) is 15.6. The van der Waals surface area contributed by atoms with Gasteiger partial charge in [0.1, 0.15) is 6.61 Å². The van der Waals surface area contributed by atoms with Crippen LogP contribution in [0.15, 0.2) is 24.3 Å². The van der Waals surface area contributed by atoms with Gasteiger partial charge in [0.15, 0.2) is 0 Å². The van der Waals surface area contributed by atoms with E-state index in [1.807, 2.05) is 0 Å². The van der Waals surface area contributed by atoms with E-state index in [-0.39, 0.29) is 13.1 Å². The van der Waals surface area contributed by atoms with Crippen LogP contribution in [0.3, 0.4) is 0 Å². The Hall–Kier alpha value is -2.81. The normalized spacial score (nSPS) is 17.5. The predicted octanol–water partition coefficient (Wildman–Crippen LogP) is -1.69. The minimum absolute atomic E-state index is 0.255. The molecule has 0 unspecified atom stereocenters. The van der Waals surface area contributed by atoms with Crippen molar-refractivity contribution in [2.45, 2.75) is 6.10 Å². The Balaban J connectivity index is 2.04. The second-order valence-corrected chi connectivity index (χ2v) is 4.57. The molecule has 0 aromatic rings. The molecule has 0 aromatic heterocycles. The molecule has 0 aromatic carbocycles. The van der Waals surface area contributed by atoms with E-state index in [9.17, 15) is 24.0 Å². The summed E-state index contributed by atoms with van der Waals surface area (Å²) in [6.45, 7) is -1.19. The summed E-state index contributed by atoms with van der Waals surface area (Å²) in [5, 5.41) is 8.65. The molecule has 9 heteroatoms. The van der Waals surface area contributed by atoms with Gasteiger partial charge in [-0.1, -0.05) is 0 Å². The van der Waals surface area contributed by atoms with E-state index in [2.05, 4.69) is 0 Å². The molecule has 22 heavy (non-hydrogen) atoms. The van der Waals surface area contributed by atoms with Gasteiger partial charge in [-0.2, -0.15) is 0 Å². The van der Waals surface area contributed by atoms with Gasteiger partial charge in [0.05, 0.1) is 19.2 Å². The SMILES string of the molecule is O=C(O)COC(CN1C(=O)C=CC1=O)CN1C(=O)C=CC1=O. The average molecular weight is 308 g/mol. The fourth-order valence-corrected chi connectivity index (χ4v) is 1.98. The summed E-state index contributed by atoms with van der Waals surface area (Å²) in [4.78, 5) is 58.3. The molecule has 0 aliphatic carbocycles. The third-order valence-corrected chi connectivity index (χ3v) is 3.02. The fraction of sp³-hybridized carbons (Fsp3) is 0.308. The summed E-state index contributed by atoms with van der Waals surface area (Å²) in [7, 11) is 0. The molecule has 2 rings (SSSR count). The molecule has 1 N–H and O–H groups in total. The molecule has 0 bridgehead atoms. The highest BCUT2D eigenvalue weighted by Crippen LogP contribution is 2.11. The topological polar surface area (TPSA) is 121 Å². The Kier molecular flexibility index (Phi) is 4.47. The molecule has 0 saturated carbocycles. The molecule has 0 saturated heterocycles. The molecule has 2 aliphatic rings. The van der Waals surface area contributed by atoms with Gasteiger partial charge in [-0.25, -0.2) is 4.79 Å². The number of carboxylic acid groups (broad SMARTS) is 1. The zero-order chi connectivity index (χ0) is 16.3. The maximum absolute atomic E-state index is 11.5. The van der Waals surface area contributed by atoms with Crippen molar-refractivity contribution in [3.63, 3.8) is 0 Å². The van der Waals surface area contributed by atoms with Crippen LogP contribution in [0.5, 0.6) is 0 Å². The van der Waals surface area contributed by atoms with Crippen LogP contribution in [0, 0.1) is 0 Å². The first-order valence-electron chi connectivity index (χ1n) is 6.29. The van der Waals surface area contributed by atoms with E-state index in [0.717, 1.165) is 34.1 Å². The van der Waals surface area contributed by atoms with Gasteiger partial charge in [0, 0.05) is 24.3 Å². The van der Waals surface area contributed by atoms with Crippen LogP contribution in [0.2, 0.25) is 0 Å². The van der Waals surface area contributed by atoms with Crippen molar-refractivity contribution in [3.05, 3.63) is 24.3 Å². The number of imide groups is 2. The number of rotatable bonds is 7. The van der Waals surface area contributed by atoms with Crippen molar-refractivity contribution in [1.82, 2.24) is 9.80 Å². The summed E-state index contributed by atoms with van der Waals surface area (Å²) >= 11 is 0. The summed E-state index contributed by atoms with van der Waals surface area (Å²) < 4.78 is 5.07.